The molecule has 2 saturated heterocycles. The van der Waals surface area contributed by atoms with E-state index in [2.05, 4.69) is 77.3 Å². The van der Waals surface area contributed by atoms with E-state index in [0.717, 1.165) is 31.0 Å². The molecule has 3 aliphatic rings. The number of H-pyrrole nitrogens is 1. The number of hydrogen-bond acceptors (Lipinski definition) is 9. The van der Waals surface area contributed by atoms with Crippen molar-refractivity contribution in [2.24, 2.45) is 0 Å². The molecule has 4 heterocycles. The van der Waals surface area contributed by atoms with Gasteiger partial charge in [-0.2, -0.15) is 0 Å². The number of hydrogen-bond donors (Lipinski definition) is 2. The van der Waals surface area contributed by atoms with E-state index >= 15 is 0 Å². The zero-order chi connectivity index (χ0) is 28.3. The normalized spacial score (nSPS) is 23.5. The Morgan fingerprint density at radius 1 is 1.05 bits per heavy atom. The molecule has 2 fully saturated rings. The van der Waals surface area contributed by atoms with Crippen molar-refractivity contribution in [1.82, 2.24) is 9.88 Å². The summed E-state index contributed by atoms with van der Waals surface area (Å²) in [6, 6.07) is 16.9. The summed E-state index contributed by atoms with van der Waals surface area (Å²) in [5.41, 5.74) is 3.16. The van der Waals surface area contributed by atoms with E-state index in [4.69, 9.17) is 14.2 Å². The molecule has 218 valence electrons. The Morgan fingerprint density at radius 2 is 1.90 bits per heavy atom. The van der Waals surface area contributed by atoms with Gasteiger partial charge in [0.25, 0.3) is 0 Å². The highest BCUT2D eigenvalue weighted by Gasteiger charge is 2.28. The molecule has 0 radical (unpaired) electrons. The minimum absolute atomic E-state index is 0.0571. The molecule has 2 N–H and O–H groups in total. The maximum absolute atomic E-state index is 11.9. The van der Waals surface area contributed by atoms with Crippen molar-refractivity contribution in [1.29, 1.82) is 0 Å². The van der Waals surface area contributed by atoms with Gasteiger partial charge in [0.15, 0.2) is 0 Å². The van der Waals surface area contributed by atoms with Gasteiger partial charge in [-0.3, -0.25) is 9.69 Å². The van der Waals surface area contributed by atoms with Crippen molar-refractivity contribution in [2.45, 2.75) is 64.7 Å². The fraction of sp³-hybridized carbons (Fsp3) is 0.452. The Morgan fingerprint density at radius 3 is 2.73 bits per heavy atom. The zero-order valence-electron chi connectivity index (χ0n) is 23.8. The fourth-order valence-electron chi connectivity index (χ4n) is 5.74. The van der Waals surface area contributed by atoms with Crippen LogP contribution in [0.3, 0.4) is 0 Å². The third-order valence-electron chi connectivity index (χ3n) is 7.47. The number of rotatable bonds is 8. The standard InChI is InChI=1S/C31H38N4O4S2/c1-20(18-37-19-34-15-21(2)39-22(3)16-34)33-23-7-8-27-29(13-23)40-28-6-4-5-25(31(28)41-27)26-17-35(11-12-38-26)24-9-10-32-30(36)14-24/h4-10,13-14,20-22,26,33H,11-12,15-19H2,1-3H3,(H,32,36)/t20?,21-,22+,26?. The summed E-state index contributed by atoms with van der Waals surface area (Å²) in [6.07, 6.45) is 2.14. The molecule has 0 bridgehead atoms. The Kier molecular flexibility index (Phi) is 8.95. The van der Waals surface area contributed by atoms with Crippen LogP contribution >= 0.6 is 23.5 Å². The first-order valence-electron chi connectivity index (χ1n) is 14.3. The topological polar surface area (TPSA) is 79.1 Å². The number of fused-ring (bicyclic) bond motifs is 2. The van der Waals surface area contributed by atoms with Crippen molar-refractivity contribution >= 4 is 34.9 Å². The van der Waals surface area contributed by atoms with E-state index in [1.54, 1.807) is 12.3 Å². The Hall–Kier alpha value is -2.47. The minimum atomic E-state index is -0.0840. The van der Waals surface area contributed by atoms with Crippen LogP contribution < -0.4 is 15.8 Å². The lowest BCUT2D eigenvalue weighted by Gasteiger charge is -2.36. The number of nitrogens with one attached hydrogen (secondary N) is 2. The predicted molar refractivity (Wildman–Crippen MR) is 165 cm³/mol. The van der Waals surface area contributed by atoms with Gasteiger partial charge in [-0.1, -0.05) is 35.7 Å². The number of nitrogens with zero attached hydrogens (tertiary/aromatic N) is 2. The number of pyridine rings is 1. The predicted octanol–water partition coefficient (Wildman–Crippen LogP) is 5.45. The highest BCUT2D eigenvalue weighted by molar-refractivity contribution is 8.05. The number of aromatic nitrogens is 1. The molecule has 3 aromatic rings. The number of ether oxygens (including phenoxy) is 3. The summed E-state index contributed by atoms with van der Waals surface area (Å²) in [4.78, 5) is 24.1. The second kappa shape index (κ2) is 12.8. The first-order chi connectivity index (χ1) is 19.9. The molecule has 1 aromatic heterocycles. The first kappa shape index (κ1) is 28.6. The van der Waals surface area contributed by atoms with E-state index in [-0.39, 0.29) is 29.9 Å². The van der Waals surface area contributed by atoms with Gasteiger partial charge in [-0.15, -0.1) is 0 Å². The maximum atomic E-state index is 11.9. The van der Waals surface area contributed by atoms with Gasteiger partial charge < -0.3 is 29.4 Å². The molecule has 10 heteroatoms. The van der Waals surface area contributed by atoms with Crippen molar-refractivity contribution < 1.29 is 14.2 Å². The molecule has 2 unspecified atom stereocenters. The van der Waals surface area contributed by atoms with Gasteiger partial charge in [-0.25, -0.2) is 0 Å². The average Bonchev–Trinajstić information content (AvgIpc) is 2.95. The molecule has 3 aliphatic heterocycles. The first-order valence-corrected chi connectivity index (χ1v) is 15.9. The van der Waals surface area contributed by atoms with Crippen LogP contribution in [0.2, 0.25) is 0 Å². The van der Waals surface area contributed by atoms with Gasteiger partial charge >= 0.3 is 0 Å². The van der Waals surface area contributed by atoms with E-state index in [9.17, 15) is 4.79 Å². The van der Waals surface area contributed by atoms with Gasteiger partial charge in [0.05, 0.1) is 32.2 Å². The smallest absolute Gasteiger partial charge is 0.249 e. The summed E-state index contributed by atoms with van der Waals surface area (Å²) < 4.78 is 18.1. The third-order valence-corrected chi connectivity index (χ3v) is 10.1. The Bertz CT molecular complexity index is 1410. The van der Waals surface area contributed by atoms with Crippen LogP contribution in [0.1, 0.15) is 32.4 Å². The molecule has 0 amide bonds. The molecule has 2 aromatic carbocycles. The highest BCUT2D eigenvalue weighted by Crippen LogP contribution is 2.51. The van der Waals surface area contributed by atoms with Gasteiger partial charge in [0, 0.05) is 75.4 Å². The largest absolute Gasteiger partial charge is 0.380 e. The fourth-order valence-corrected chi connectivity index (χ4v) is 8.19. The van der Waals surface area contributed by atoms with Crippen LogP contribution in [0.5, 0.6) is 0 Å². The molecule has 41 heavy (non-hydrogen) atoms. The molecular weight excluding hydrogens is 556 g/mol. The van der Waals surface area contributed by atoms with Crippen LogP contribution in [-0.4, -0.2) is 74.3 Å². The number of benzene rings is 2. The van der Waals surface area contributed by atoms with Crippen LogP contribution in [0.4, 0.5) is 11.4 Å². The maximum Gasteiger partial charge on any atom is 0.249 e. The summed E-state index contributed by atoms with van der Waals surface area (Å²) in [5.74, 6) is 0. The Labute approximate surface area is 250 Å². The van der Waals surface area contributed by atoms with Crippen molar-refractivity contribution in [3.05, 3.63) is 70.6 Å². The number of morpholine rings is 2. The number of anilines is 2. The lowest BCUT2D eigenvalue weighted by atomic mass is 10.1. The van der Waals surface area contributed by atoms with Crippen molar-refractivity contribution in [3.8, 4) is 0 Å². The van der Waals surface area contributed by atoms with Crippen molar-refractivity contribution in [3.63, 3.8) is 0 Å². The monoisotopic (exact) mass is 594 g/mol. The molecular formula is C31H38N4O4S2. The lowest BCUT2D eigenvalue weighted by molar-refractivity contribution is -0.100. The van der Waals surface area contributed by atoms with Crippen LogP contribution in [0.15, 0.2) is 79.1 Å². The summed E-state index contributed by atoms with van der Waals surface area (Å²) in [5, 5.41) is 3.62. The molecule has 0 saturated carbocycles. The van der Waals surface area contributed by atoms with E-state index in [1.807, 2.05) is 29.6 Å². The minimum Gasteiger partial charge on any atom is -0.380 e. The SMILES string of the molecule is CC(COCN1C[C@@H](C)O[C@@H](C)C1)Nc1ccc2c(c1)Sc1cccc(C3CN(c4cc[nH]c(=O)c4)CCO3)c1S2. The average molecular weight is 595 g/mol. The van der Waals surface area contributed by atoms with Gasteiger partial charge in [0.2, 0.25) is 5.56 Å². The van der Waals surface area contributed by atoms with E-state index in [0.29, 0.717) is 26.5 Å². The quantitative estimate of drug-likeness (QED) is 0.277. The van der Waals surface area contributed by atoms with Crippen LogP contribution in [0.25, 0.3) is 0 Å². The molecule has 0 aliphatic carbocycles. The molecule has 4 atom stereocenters. The summed E-state index contributed by atoms with van der Waals surface area (Å²) in [6.45, 7) is 11.6. The zero-order valence-corrected chi connectivity index (χ0v) is 25.4. The third kappa shape index (κ3) is 6.96. The van der Waals surface area contributed by atoms with Crippen LogP contribution in [-0.2, 0) is 14.2 Å². The van der Waals surface area contributed by atoms with Crippen LogP contribution in [0, 0.1) is 0 Å². The Balaban J connectivity index is 1.08. The van der Waals surface area contributed by atoms with E-state index < -0.39 is 0 Å². The summed E-state index contributed by atoms with van der Waals surface area (Å²) in [7, 11) is 0. The second-order valence-corrected chi connectivity index (χ2v) is 13.2. The number of aromatic amines is 1. The molecule has 6 rings (SSSR count). The summed E-state index contributed by atoms with van der Waals surface area (Å²) >= 11 is 3.63. The second-order valence-electron chi connectivity index (χ2n) is 11.1. The molecule has 8 nitrogen and oxygen atoms in total. The lowest BCUT2D eigenvalue weighted by Crippen LogP contribution is -2.46. The van der Waals surface area contributed by atoms with Crippen molar-refractivity contribution in [2.75, 3.05) is 56.3 Å². The van der Waals surface area contributed by atoms with E-state index in [1.165, 1.54) is 25.1 Å². The molecule has 0 spiro atoms. The van der Waals surface area contributed by atoms with Gasteiger partial charge in [-0.05, 0) is 56.7 Å². The highest BCUT2D eigenvalue weighted by atomic mass is 32.2. The van der Waals surface area contributed by atoms with Gasteiger partial charge in [0.1, 0.15) is 6.10 Å².